The molecule has 1 aliphatic rings. The molecule has 1 heterocycles. The van der Waals surface area contributed by atoms with Crippen LogP contribution in [0.5, 0.6) is 5.75 Å². The SMILES string of the molecule is CC1CC(N)CCN1C(=O)c1c(O)cccc1F. The highest BCUT2D eigenvalue weighted by molar-refractivity contribution is 5.97. The maximum Gasteiger partial charge on any atom is 0.260 e. The van der Waals surface area contributed by atoms with Crippen molar-refractivity contribution in [2.24, 2.45) is 5.73 Å². The highest BCUT2D eigenvalue weighted by Crippen LogP contribution is 2.25. The highest BCUT2D eigenvalue weighted by atomic mass is 19.1. The molecule has 1 fully saturated rings. The van der Waals surface area contributed by atoms with Crippen molar-refractivity contribution < 1.29 is 14.3 Å². The van der Waals surface area contributed by atoms with Gasteiger partial charge in [0.25, 0.3) is 5.91 Å². The lowest BCUT2D eigenvalue weighted by Crippen LogP contribution is -2.48. The summed E-state index contributed by atoms with van der Waals surface area (Å²) in [4.78, 5) is 13.8. The number of likely N-dealkylation sites (tertiary alicyclic amines) is 1. The Kier molecular flexibility index (Phi) is 3.52. The van der Waals surface area contributed by atoms with Crippen molar-refractivity contribution in [2.75, 3.05) is 6.54 Å². The number of nitrogens with two attached hydrogens (primary N) is 1. The lowest BCUT2D eigenvalue weighted by molar-refractivity contribution is 0.0611. The lowest BCUT2D eigenvalue weighted by atomic mass is 9.98. The number of halogens is 1. The molecule has 1 aliphatic heterocycles. The summed E-state index contributed by atoms with van der Waals surface area (Å²) in [7, 11) is 0. The molecule has 2 rings (SSSR count). The fourth-order valence-corrected chi connectivity index (χ4v) is 2.38. The molecule has 4 nitrogen and oxygen atoms in total. The first kappa shape index (κ1) is 12.8. The molecular weight excluding hydrogens is 235 g/mol. The van der Waals surface area contributed by atoms with Gasteiger partial charge in [-0.1, -0.05) is 6.07 Å². The number of aromatic hydroxyl groups is 1. The van der Waals surface area contributed by atoms with E-state index in [4.69, 9.17) is 5.73 Å². The Morgan fingerprint density at radius 2 is 2.28 bits per heavy atom. The molecule has 0 spiro atoms. The summed E-state index contributed by atoms with van der Waals surface area (Å²) in [5.74, 6) is -1.48. The molecule has 98 valence electrons. The summed E-state index contributed by atoms with van der Waals surface area (Å²) >= 11 is 0. The van der Waals surface area contributed by atoms with Crippen molar-refractivity contribution in [1.29, 1.82) is 0 Å². The molecule has 1 aromatic carbocycles. The number of nitrogens with zero attached hydrogens (tertiary/aromatic N) is 1. The number of piperidine rings is 1. The Morgan fingerprint density at radius 1 is 1.56 bits per heavy atom. The van der Waals surface area contributed by atoms with Gasteiger partial charge in [-0.05, 0) is 31.9 Å². The van der Waals surface area contributed by atoms with Gasteiger partial charge in [0.15, 0.2) is 0 Å². The van der Waals surface area contributed by atoms with E-state index in [0.29, 0.717) is 19.4 Å². The summed E-state index contributed by atoms with van der Waals surface area (Å²) in [6, 6.07) is 3.90. The first-order valence-electron chi connectivity index (χ1n) is 6.04. The lowest BCUT2D eigenvalue weighted by Gasteiger charge is -2.36. The average Bonchev–Trinajstić information content (AvgIpc) is 2.28. The van der Waals surface area contributed by atoms with E-state index in [1.165, 1.54) is 18.2 Å². The fraction of sp³-hybridized carbons (Fsp3) is 0.462. The monoisotopic (exact) mass is 252 g/mol. The molecule has 1 amide bonds. The predicted octanol–water partition coefficient (Wildman–Crippen LogP) is 1.48. The molecule has 2 atom stereocenters. The van der Waals surface area contributed by atoms with Gasteiger partial charge < -0.3 is 15.7 Å². The quantitative estimate of drug-likeness (QED) is 0.795. The van der Waals surface area contributed by atoms with Crippen LogP contribution in [0, 0.1) is 5.82 Å². The van der Waals surface area contributed by atoms with Gasteiger partial charge in [-0.25, -0.2) is 4.39 Å². The van der Waals surface area contributed by atoms with Crippen LogP contribution in [0.2, 0.25) is 0 Å². The summed E-state index contributed by atoms with van der Waals surface area (Å²) in [5.41, 5.74) is 5.57. The Morgan fingerprint density at radius 3 is 2.89 bits per heavy atom. The molecule has 3 N–H and O–H groups in total. The molecule has 2 unspecified atom stereocenters. The number of phenols is 1. The van der Waals surface area contributed by atoms with E-state index in [2.05, 4.69) is 0 Å². The van der Waals surface area contributed by atoms with Crippen LogP contribution in [0.3, 0.4) is 0 Å². The smallest absolute Gasteiger partial charge is 0.260 e. The summed E-state index contributed by atoms with van der Waals surface area (Å²) in [6.45, 7) is 2.38. The zero-order valence-corrected chi connectivity index (χ0v) is 10.3. The molecule has 5 heteroatoms. The Bertz CT molecular complexity index is 444. The number of carbonyl (C=O) groups excluding carboxylic acids is 1. The highest BCUT2D eigenvalue weighted by Gasteiger charge is 2.30. The molecule has 0 saturated carbocycles. The van der Waals surface area contributed by atoms with Crippen LogP contribution in [-0.4, -0.2) is 34.5 Å². The van der Waals surface area contributed by atoms with Gasteiger partial charge in [0.2, 0.25) is 0 Å². The van der Waals surface area contributed by atoms with Crippen molar-refractivity contribution in [3.8, 4) is 5.75 Å². The van der Waals surface area contributed by atoms with Gasteiger partial charge in [0.05, 0.1) is 0 Å². The minimum atomic E-state index is -0.693. The average molecular weight is 252 g/mol. The third kappa shape index (κ3) is 2.31. The first-order valence-corrected chi connectivity index (χ1v) is 6.04. The predicted molar refractivity (Wildman–Crippen MR) is 65.8 cm³/mol. The van der Waals surface area contributed by atoms with Crippen LogP contribution in [0.4, 0.5) is 4.39 Å². The van der Waals surface area contributed by atoms with Crippen molar-refractivity contribution >= 4 is 5.91 Å². The van der Waals surface area contributed by atoms with Gasteiger partial charge in [-0.3, -0.25) is 4.79 Å². The molecule has 18 heavy (non-hydrogen) atoms. The number of phenolic OH excluding ortho intramolecular Hbond substituents is 1. The number of amides is 1. The number of carbonyl (C=O) groups is 1. The Labute approximate surface area is 105 Å². The van der Waals surface area contributed by atoms with E-state index in [1.54, 1.807) is 4.90 Å². The summed E-state index contributed by atoms with van der Waals surface area (Å²) < 4.78 is 13.6. The van der Waals surface area contributed by atoms with Crippen molar-refractivity contribution in [2.45, 2.75) is 31.8 Å². The van der Waals surface area contributed by atoms with Crippen LogP contribution in [0.25, 0.3) is 0 Å². The normalized spacial score (nSPS) is 24.1. The van der Waals surface area contributed by atoms with E-state index < -0.39 is 11.7 Å². The topological polar surface area (TPSA) is 66.6 Å². The van der Waals surface area contributed by atoms with Gasteiger partial charge in [0.1, 0.15) is 17.1 Å². The second kappa shape index (κ2) is 4.94. The molecular formula is C13H17FN2O2. The van der Waals surface area contributed by atoms with Gasteiger partial charge in [0, 0.05) is 18.6 Å². The van der Waals surface area contributed by atoms with Crippen molar-refractivity contribution in [3.63, 3.8) is 0 Å². The maximum atomic E-state index is 13.6. The largest absolute Gasteiger partial charge is 0.507 e. The minimum Gasteiger partial charge on any atom is -0.507 e. The van der Waals surface area contributed by atoms with Crippen LogP contribution >= 0.6 is 0 Å². The molecule has 0 aliphatic carbocycles. The van der Waals surface area contributed by atoms with Gasteiger partial charge >= 0.3 is 0 Å². The maximum absolute atomic E-state index is 13.6. The van der Waals surface area contributed by atoms with E-state index in [9.17, 15) is 14.3 Å². The van der Waals surface area contributed by atoms with E-state index in [0.717, 1.165) is 0 Å². The molecule has 0 radical (unpaired) electrons. The van der Waals surface area contributed by atoms with Crippen LogP contribution in [0.15, 0.2) is 18.2 Å². The standard InChI is InChI=1S/C13H17FN2O2/c1-8-7-9(15)5-6-16(8)13(18)12-10(14)3-2-4-11(12)17/h2-4,8-9,17H,5-7,15H2,1H3. The third-order valence-electron chi connectivity index (χ3n) is 3.38. The van der Waals surface area contributed by atoms with Crippen molar-refractivity contribution in [3.05, 3.63) is 29.6 Å². The second-order valence-electron chi connectivity index (χ2n) is 4.77. The zero-order valence-electron chi connectivity index (χ0n) is 10.3. The molecule has 1 aromatic rings. The fourth-order valence-electron chi connectivity index (χ4n) is 2.38. The summed E-state index contributed by atoms with van der Waals surface area (Å²) in [6.07, 6.45) is 1.40. The number of rotatable bonds is 1. The number of hydrogen-bond acceptors (Lipinski definition) is 3. The second-order valence-corrected chi connectivity index (χ2v) is 4.77. The number of benzene rings is 1. The van der Waals surface area contributed by atoms with Gasteiger partial charge in [-0.2, -0.15) is 0 Å². The Balaban J connectivity index is 2.26. The zero-order chi connectivity index (χ0) is 13.3. The molecule has 0 aromatic heterocycles. The Hall–Kier alpha value is -1.62. The van der Waals surface area contributed by atoms with E-state index in [1.807, 2.05) is 6.92 Å². The third-order valence-corrected chi connectivity index (χ3v) is 3.38. The van der Waals surface area contributed by atoms with E-state index in [-0.39, 0.29) is 23.4 Å². The molecule has 1 saturated heterocycles. The van der Waals surface area contributed by atoms with Crippen LogP contribution in [-0.2, 0) is 0 Å². The van der Waals surface area contributed by atoms with E-state index >= 15 is 0 Å². The minimum absolute atomic E-state index is 0.0414. The van der Waals surface area contributed by atoms with Crippen LogP contribution in [0.1, 0.15) is 30.1 Å². The first-order chi connectivity index (χ1) is 8.50. The summed E-state index contributed by atoms with van der Waals surface area (Å²) in [5, 5.41) is 9.62. The number of hydrogen-bond donors (Lipinski definition) is 2. The van der Waals surface area contributed by atoms with Gasteiger partial charge in [-0.15, -0.1) is 0 Å². The van der Waals surface area contributed by atoms with Crippen LogP contribution < -0.4 is 5.73 Å². The van der Waals surface area contributed by atoms with Crippen molar-refractivity contribution in [1.82, 2.24) is 4.90 Å². The molecule has 0 bridgehead atoms.